The molecule has 0 atom stereocenters. The first-order valence-corrected chi connectivity index (χ1v) is 7.83. The second kappa shape index (κ2) is 7.28. The van der Waals surface area contributed by atoms with Gasteiger partial charge < -0.3 is 16.0 Å². The molecule has 0 saturated carbocycles. The summed E-state index contributed by atoms with van der Waals surface area (Å²) < 4.78 is 0.950. The number of nitrogens with zero attached hydrogens (tertiary/aromatic N) is 1. The highest BCUT2D eigenvalue weighted by Gasteiger charge is 2.12. The first-order chi connectivity index (χ1) is 10.9. The van der Waals surface area contributed by atoms with Gasteiger partial charge in [-0.1, -0.05) is 40.2 Å². The Hall–Kier alpha value is -2.34. The smallest absolute Gasteiger partial charge is 0.321 e. The number of amides is 3. The molecule has 0 aliphatic heterocycles. The van der Waals surface area contributed by atoms with Gasteiger partial charge in [-0.2, -0.15) is 0 Å². The maximum absolute atomic E-state index is 12.3. The van der Waals surface area contributed by atoms with Crippen LogP contribution in [-0.2, 0) is 6.54 Å². The van der Waals surface area contributed by atoms with Crippen molar-refractivity contribution in [2.45, 2.75) is 13.5 Å². The molecule has 0 unspecified atom stereocenters. The van der Waals surface area contributed by atoms with E-state index in [2.05, 4.69) is 21.2 Å². The Kier molecular flexibility index (Phi) is 5.39. The highest BCUT2D eigenvalue weighted by molar-refractivity contribution is 9.10. The molecule has 0 aliphatic carbocycles. The molecule has 0 aliphatic rings. The topological polar surface area (TPSA) is 75.4 Å². The van der Waals surface area contributed by atoms with E-state index in [1.165, 1.54) is 0 Å². The van der Waals surface area contributed by atoms with Crippen molar-refractivity contribution in [3.63, 3.8) is 0 Å². The first-order valence-electron chi connectivity index (χ1n) is 7.04. The summed E-state index contributed by atoms with van der Waals surface area (Å²) in [6.45, 7) is 2.26. The number of aryl methyl sites for hydroxylation is 1. The Labute approximate surface area is 143 Å². The largest absolute Gasteiger partial charge is 0.366 e. The summed E-state index contributed by atoms with van der Waals surface area (Å²) in [6, 6.07) is 12.5. The lowest BCUT2D eigenvalue weighted by molar-refractivity contribution is 0.0999. The van der Waals surface area contributed by atoms with Gasteiger partial charge in [0.2, 0.25) is 5.91 Å². The monoisotopic (exact) mass is 375 g/mol. The number of halogens is 1. The molecule has 0 spiro atoms. The van der Waals surface area contributed by atoms with E-state index in [9.17, 15) is 9.59 Å². The molecule has 0 heterocycles. The van der Waals surface area contributed by atoms with E-state index in [1.807, 2.05) is 24.3 Å². The molecule has 3 N–H and O–H groups in total. The SMILES string of the molecule is Cc1ccc(NC(=O)N(C)Cc2ccccc2Br)cc1C(N)=O. The summed E-state index contributed by atoms with van der Waals surface area (Å²) >= 11 is 3.46. The van der Waals surface area contributed by atoms with Gasteiger partial charge in [0.25, 0.3) is 0 Å². The van der Waals surface area contributed by atoms with Crippen molar-refractivity contribution in [1.29, 1.82) is 0 Å². The predicted molar refractivity (Wildman–Crippen MR) is 94.3 cm³/mol. The molecular formula is C17H18BrN3O2. The summed E-state index contributed by atoms with van der Waals surface area (Å²) in [5.41, 5.74) is 8.04. The minimum absolute atomic E-state index is 0.264. The van der Waals surface area contributed by atoms with Crippen molar-refractivity contribution in [3.05, 3.63) is 63.6 Å². The summed E-state index contributed by atoms with van der Waals surface area (Å²) in [6.07, 6.45) is 0. The van der Waals surface area contributed by atoms with Gasteiger partial charge in [-0.05, 0) is 36.2 Å². The van der Waals surface area contributed by atoms with Gasteiger partial charge in [0, 0.05) is 29.3 Å². The normalized spacial score (nSPS) is 10.2. The van der Waals surface area contributed by atoms with Crippen LogP contribution in [0.2, 0.25) is 0 Å². The predicted octanol–water partition coefficient (Wildman–Crippen LogP) is 3.52. The van der Waals surface area contributed by atoms with Crippen molar-refractivity contribution in [2.75, 3.05) is 12.4 Å². The van der Waals surface area contributed by atoms with E-state index in [0.29, 0.717) is 17.8 Å². The van der Waals surface area contributed by atoms with Gasteiger partial charge in [-0.3, -0.25) is 4.79 Å². The van der Waals surface area contributed by atoms with Gasteiger partial charge in [0.15, 0.2) is 0 Å². The van der Waals surface area contributed by atoms with Crippen LogP contribution in [0.25, 0.3) is 0 Å². The zero-order chi connectivity index (χ0) is 17.0. The number of carbonyl (C=O) groups is 2. The van der Waals surface area contributed by atoms with Crippen LogP contribution in [0, 0.1) is 6.92 Å². The third-order valence-electron chi connectivity index (χ3n) is 3.47. The van der Waals surface area contributed by atoms with Crippen molar-refractivity contribution in [2.24, 2.45) is 5.73 Å². The highest BCUT2D eigenvalue weighted by Crippen LogP contribution is 2.19. The molecule has 0 fully saturated rings. The summed E-state index contributed by atoms with van der Waals surface area (Å²) in [4.78, 5) is 25.2. The average Bonchev–Trinajstić information content (AvgIpc) is 2.51. The highest BCUT2D eigenvalue weighted by atomic mass is 79.9. The Morgan fingerprint density at radius 3 is 2.57 bits per heavy atom. The Morgan fingerprint density at radius 1 is 1.22 bits per heavy atom. The summed E-state index contributed by atoms with van der Waals surface area (Å²) in [5, 5.41) is 2.77. The molecule has 3 amide bonds. The van der Waals surface area contributed by atoms with E-state index in [-0.39, 0.29) is 6.03 Å². The molecule has 2 aromatic carbocycles. The van der Waals surface area contributed by atoms with Crippen molar-refractivity contribution in [3.8, 4) is 0 Å². The van der Waals surface area contributed by atoms with Crippen molar-refractivity contribution in [1.82, 2.24) is 4.90 Å². The fourth-order valence-electron chi connectivity index (χ4n) is 2.14. The number of carbonyl (C=O) groups excluding carboxylic acids is 2. The lowest BCUT2D eigenvalue weighted by atomic mass is 10.1. The van der Waals surface area contributed by atoms with Crippen LogP contribution >= 0.6 is 15.9 Å². The number of urea groups is 1. The number of benzene rings is 2. The summed E-state index contributed by atoms with van der Waals surface area (Å²) in [5.74, 6) is -0.514. The average molecular weight is 376 g/mol. The fraction of sp³-hybridized carbons (Fsp3) is 0.176. The third-order valence-corrected chi connectivity index (χ3v) is 4.24. The molecule has 6 heteroatoms. The Bertz CT molecular complexity index is 746. The van der Waals surface area contributed by atoms with Crippen LogP contribution < -0.4 is 11.1 Å². The number of nitrogens with one attached hydrogen (secondary N) is 1. The Morgan fingerprint density at radius 2 is 1.91 bits per heavy atom. The number of nitrogens with two attached hydrogens (primary N) is 1. The minimum atomic E-state index is -0.514. The van der Waals surface area contributed by atoms with Gasteiger partial charge in [-0.25, -0.2) is 4.79 Å². The molecule has 5 nitrogen and oxygen atoms in total. The summed E-state index contributed by atoms with van der Waals surface area (Å²) in [7, 11) is 1.71. The molecular weight excluding hydrogens is 358 g/mol. The van der Waals surface area contributed by atoms with E-state index >= 15 is 0 Å². The number of primary amides is 1. The molecule has 0 bridgehead atoms. The standard InChI is InChI=1S/C17H18BrN3O2/c1-11-7-8-13(9-14(11)16(19)22)20-17(23)21(2)10-12-5-3-4-6-15(12)18/h3-9H,10H2,1-2H3,(H2,19,22)(H,20,23). The van der Waals surface area contributed by atoms with E-state index in [4.69, 9.17) is 5.73 Å². The molecule has 120 valence electrons. The molecule has 0 aromatic heterocycles. The molecule has 2 rings (SSSR count). The van der Waals surface area contributed by atoms with Crippen LogP contribution in [0.4, 0.5) is 10.5 Å². The van der Waals surface area contributed by atoms with Crippen LogP contribution in [0.15, 0.2) is 46.9 Å². The van der Waals surface area contributed by atoms with Crippen molar-refractivity contribution >= 4 is 33.6 Å². The zero-order valence-corrected chi connectivity index (χ0v) is 14.6. The van der Waals surface area contributed by atoms with Crippen LogP contribution in [-0.4, -0.2) is 23.9 Å². The van der Waals surface area contributed by atoms with E-state index in [0.717, 1.165) is 15.6 Å². The number of rotatable bonds is 4. The fourth-order valence-corrected chi connectivity index (χ4v) is 2.55. The van der Waals surface area contributed by atoms with Gasteiger partial charge >= 0.3 is 6.03 Å². The van der Waals surface area contributed by atoms with Gasteiger partial charge in [0.1, 0.15) is 0 Å². The quantitative estimate of drug-likeness (QED) is 0.857. The zero-order valence-electron chi connectivity index (χ0n) is 13.0. The lowest BCUT2D eigenvalue weighted by Crippen LogP contribution is -2.31. The van der Waals surface area contributed by atoms with E-state index in [1.54, 1.807) is 37.1 Å². The van der Waals surface area contributed by atoms with Gasteiger partial charge in [-0.15, -0.1) is 0 Å². The van der Waals surface area contributed by atoms with Gasteiger partial charge in [0.05, 0.1) is 0 Å². The van der Waals surface area contributed by atoms with Crippen molar-refractivity contribution < 1.29 is 9.59 Å². The third kappa shape index (κ3) is 4.32. The van der Waals surface area contributed by atoms with E-state index < -0.39 is 5.91 Å². The number of anilines is 1. The minimum Gasteiger partial charge on any atom is -0.366 e. The molecule has 0 saturated heterocycles. The van der Waals surface area contributed by atoms with Crippen LogP contribution in [0.3, 0.4) is 0 Å². The maximum atomic E-state index is 12.3. The van der Waals surface area contributed by atoms with Crippen LogP contribution in [0.5, 0.6) is 0 Å². The molecule has 0 radical (unpaired) electrons. The van der Waals surface area contributed by atoms with Crippen LogP contribution in [0.1, 0.15) is 21.5 Å². The lowest BCUT2D eigenvalue weighted by Gasteiger charge is -2.19. The molecule has 2 aromatic rings. The Balaban J connectivity index is 2.08. The maximum Gasteiger partial charge on any atom is 0.321 e. The second-order valence-corrected chi connectivity index (χ2v) is 6.13. The first kappa shape index (κ1) is 17.0. The second-order valence-electron chi connectivity index (χ2n) is 5.27. The molecule has 23 heavy (non-hydrogen) atoms. The number of hydrogen-bond donors (Lipinski definition) is 2. The number of hydrogen-bond acceptors (Lipinski definition) is 2.